The smallest absolute Gasteiger partial charge is 0.0341 e. The van der Waals surface area contributed by atoms with Crippen LogP contribution in [0.25, 0.3) is 0 Å². The molecule has 1 aliphatic carbocycles. The summed E-state index contributed by atoms with van der Waals surface area (Å²) in [6.07, 6.45) is 6.85. The summed E-state index contributed by atoms with van der Waals surface area (Å²) in [6.45, 7) is 2.40. The van der Waals surface area contributed by atoms with Crippen LogP contribution in [-0.2, 0) is 0 Å². The number of nitrogens with one attached hydrogen (secondary N) is 1. The molecule has 1 heterocycles. The van der Waals surface area contributed by atoms with Crippen molar-refractivity contribution in [3.63, 3.8) is 0 Å². The van der Waals surface area contributed by atoms with Crippen molar-refractivity contribution < 1.29 is 0 Å². The van der Waals surface area contributed by atoms with Crippen molar-refractivity contribution in [2.75, 3.05) is 5.75 Å². The van der Waals surface area contributed by atoms with Gasteiger partial charge in [-0.15, -0.1) is 11.8 Å². The van der Waals surface area contributed by atoms with Gasteiger partial charge >= 0.3 is 0 Å². The SMILES string of the molecule is CC1CCCC(NC2CCSc3ccccc32)C1. The first kappa shape index (κ1) is 12.6. The molecular weight excluding hydrogens is 238 g/mol. The highest BCUT2D eigenvalue weighted by molar-refractivity contribution is 7.99. The van der Waals surface area contributed by atoms with Gasteiger partial charge in [0.15, 0.2) is 0 Å². The van der Waals surface area contributed by atoms with Crippen LogP contribution in [0.3, 0.4) is 0 Å². The topological polar surface area (TPSA) is 12.0 Å². The quantitative estimate of drug-likeness (QED) is 0.847. The molecule has 0 amide bonds. The van der Waals surface area contributed by atoms with Crippen molar-refractivity contribution >= 4 is 11.8 Å². The second-order valence-corrected chi connectivity index (χ2v) is 7.00. The molecule has 2 aliphatic rings. The Morgan fingerprint density at radius 2 is 2.06 bits per heavy atom. The molecule has 3 atom stereocenters. The van der Waals surface area contributed by atoms with E-state index in [-0.39, 0.29) is 0 Å². The monoisotopic (exact) mass is 261 g/mol. The third-order valence-corrected chi connectivity index (χ3v) is 5.45. The first-order valence-corrected chi connectivity index (χ1v) is 8.29. The number of fused-ring (bicyclic) bond motifs is 1. The maximum Gasteiger partial charge on any atom is 0.0341 e. The molecule has 2 heteroatoms. The molecule has 0 radical (unpaired) electrons. The minimum absolute atomic E-state index is 0.595. The van der Waals surface area contributed by atoms with Crippen LogP contribution >= 0.6 is 11.8 Å². The van der Waals surface area contributed by atoms with Crippen molar-refractivity contribution in [3.05, 3.63) is 29.8 Å². The summed E-state index contributed by atoms with van der Waals surface area (Å²) in [4.78, 5) is 1.49. The van der Waals surface area contributed by atoms with Gasteiger partial charge in [-0.05, 0) is 42.6 Å². The molecule has 1 N–H and O–H groups in total. The van der Waals surface area contributed by atoms with Crippen molar-refractivity contribution in [1.29, 1.82) is 0 Å². The predicted octanol–water partition coefficient (Wildman–Crippen LogP) is 4.39. The maximum absolute atomic E-state index is 3.93. The summed E-state index contributed by atoms with van der Waals surface area (Å²) in [5.74, 6) is 2.17. The minimum atomic E-state index is 0.595. The lowest BCUT2D eigenvalue weighted by Gasteiger charge is -2.34. The van der Waals surface area contributed by atoms with Gasteiger partial charge in [0.1, 0.15) is 0 Å². The summed E-state index contributed by atoms with van der Waals surface area (Å²) in [6, 6.07) is 10.3. The molecule has 1 aromatic carbocycles. The van der Waals surface area contributed by atoms with Crippen molar-refractivity contribution in [2.24, 2.45) is 5.92 Å². The molecule has 1 aromatic rings. The van der Waals surface area contributed by atoms with E-state index in [0.717, 1.165) is 12.0 Å². The van der Waals surface area contributed by atoms with Gasteiger partial charge in [-0.1, -0.05) is 38.0 Å². The van der Waals surface area contributed by atoms with E-state index in [4.69, 9.17) is 0 Å². The standard InChI is InChI=1S/C16H23NS/c1-12-5-4-6-13(11-12)17-15-9-10-18-16-8-3-2-7-14(15)16/h2-3,7-8,12-13,15,17H,4-6,9-11H2,1H3. The van der Waals surface area contributed by atoms with Crippen LogP contribution in [0, 0.1) is 5.92 Å². The van der Waals surface area contributed by atoms with Crippen LogP contribution in [0.2, 0.25) is 0 Å². The molecule has 1 saturated carbocycles. The number of rotatable bonds is 2. The van der Waals surface area contributed by atoms with Crippen LogP contribution in [-0.4, -0.2) is 11.8 Å². The number of hydrogen-bond acceptors (Lipinski definition) is 2. The Morgan fingerprint density at radius 3 is 2.94 bits per heavy atom. The fourth-order valence-corrected chi connectivity index (χ4v) is 4.51. The van der Waals surface area contributed by atoms with Crippen LogP contribution < -0.4 is 5.32 Å². The van der Waals surface area contributed by atoms with Gasteiger partial charge in [0, 0.05) is 17.0 Å². The van der Waals surface area contributed by atoms with Gasteiger partial charge in [-0.25, -0.2) is 0 Å². The van der Waals surface area contributed by atoms with Gasteiger partial charge < -0.3 is 5.32 Å². The molecule has 3 rings (SSSR count). The maximum atomic E-state index is 3.93. The van der Waals surface area contributed by atoms with Crippen molar-refractivity contribution in [2.45, 2.75) is 56.0 Å². The molecule has 0 bridgehead atoms. The van der Waals surface area contributed by atoms with E-state index in [2.05, 4.69) is 36.5 Å². The first-order valence-electron chi connectivity index (χ1n) is 7.30. The lowest BCUT2D eigenvalue weighted by atomic mass is 9.86. The van der Waals surface area contributed by atoms with E-state index < -0.39 is 0 Å². The van der Waals surface area contributed by atoms with Crippen LogP contribution in [0.5, 0.6) is 0 Å². The fraction of sp³-hybridized carbons (Fsp3) is 0.625. The highest BCUT2D eigenvalue weighted by Crippen LogP contribution is 2.37. The number of hydrogen-bond donors (Lipinski definition) is 1. The van der Waals surface area contributed by atoms with Gasteiger partial charge in [-0.2, -0.15) is 0 Å². The molecule has 98 valence electrons. The zero-order valence-corrected chi connectivity index (χ0v) is 12.0. The summed E-state index contributed by atoms with van der Waals surface area (Å²) < 4.78 is 0. The molecule has 1 aliphatic heterocycles. The van der Waals surface area contributed by atoms with Gasteiger partial charge in [0.2, 0.25) is 0 Å². The summed E-state index contributed by atoms with van der Waals surface area (Å²) in [7, 11) is 0. The molecule has 0 aromatic heterocycles. The lowest BCUT2D eigenvalue weighted by molar-refractivity contribution is 0.277. The van der Waals surface area contributed by atoms with Crippen LogP contribution in [0.15, 0.2) is 29.2 Å². The molecule has 1 nitrogen and oxygen atoms in total. The van der Waals surface area contributed by atoms with E-state index in [9.17, 15) is 0 Å². The molecule has 1 fully saturated rings. The Balaban J connectivity index is 1.70. The highest BCUT2D eigenvalue weighted by atomic mass is 32.2. The van der Waals surface area contributed by atoms with Gasteiger partial charge in [0.25, 0.3) is 0 Å². The predicted molar refractivity (Wildman–Crippen MR) is 79.1 cm³/mol. The number of thioether (sulfide) groups is 1. The third kappa shape index (κ3) is 2.75. The van der Waals surface area contributed by atoms with Gasteiger partial charge in [0.05, 0.1) is 0 Å². The van der Waals surface area contributed by atoms with E-state index in [1.165, 1.54) is 48.3 Å². The summed E-state index contributed by atoms with van der Waals surface area (Å²) in [5, 5.41) is 3.93. The number of benzene rings is 1. The van der Waals surface area contributed by atoms with Gasteiger partial charge in [-0.3, -0.25) is 0 Å². The molecule has 3 unspecified atom stereocenters. The average molecular weight is 261 g/mol. The molecule has 18 heavy (non-hydrogen) atoms. The van der Waals surface area contributed by atoms with E-state index in [1.54, 1.807) is 0 Å². The normalized spacial score (nSPS) is 31.9. The highest BCUT2D eigenvalue weighted by Gasteiger charge is 2.25. The Bertz CT molecular complexity index is 404. The second kappa shape index (κ2) is 5.66. The van der Waals surface area contributed by atoms with Crippen LogP contribution in [0.4, 0.5) is 0 Å². The minimum Gasteiger partial charge on any atom is -0.307 e. The average Bonchev–Trinajstić information content (AvgIpc) is 2.39. The Morgan fingerprint density at radius 1 is 1.17 bits per heavy atom. The fourth-order valence-electron chi connectivity index (χ4n) is 3.39. The van der Waals surface area contributed by atoms with E-state index in [0.29, 0.717) is 6.04 Å². The van der Waals surface area contributed by atoms with E-state index in [1.807, 2.05) is 11.8 Å². The second-order valence-electron chi connectivity index (χ2n) is 5.86. The molecule has 0 spiro atoms. The summed E-state index contributed by atoms with van der Waals surface area (Å²) in [5.41, 5.74) is 1.53. The van der Waals surface area contributed by atoms with Crippen LogP contribution in [0.1, 0.15) is 50.6 Å². The first-order chi connectivity index (χ1) is 8.83. The Hall–Kier alpha value is -0.470. The molecule has 0 saturated heterocycles. The lowest BCUT2D eigenvalue weighted by Crippen LogP contribution is -2.37. The third-order valence-electron chi connectivity index (χ3n) is 4.33. The summed E-state index contributed by atoms with van der Waals surface area (Å²) >= 11 is 2.02. The zero-order valence-electron chi connectivity index (χ0n) is 11.2. The largest absolute Gasteiger partial charge is 0.307 e. The molecular formula is C16H23NS. The van der Waals surface area contributed by atoms with Crippen molar-refractivity contribution in [3.8, 4) is 0 Å². The Kier molecular flexibility index (Phi) is 3.95. The Labute approximate surface area is 115 Å². The zero-order chi connectivity index (χ0) is 12.4. The van der Waals surface area contributed by atoms with Crippen molar-refractivity contribution in [1.82, 2.24) is 5.32 Å². The van der Waals surface area contributed by atoms with E-state index >= 15 is 0 Å².